The van der Waals surface area contributed by atoms with E-state index in [1.807, 2.05) is 16.8 Å². The third-order valence-corrected chi connectivity index (χ3v) is 4.70. The van der Waals surface area contributed by atoms with Gasteiger partial charge in [0.15, 0.2) is 5.96 Å². The molecule has 29 heavy (non-hydrogen) atoms. The van der Waals surface area contributed by atoms with Gasteiger partial charge in [0.05, 0.1) is 13.1 Å². The Morgan fingerprint density at radius 2 is 2.03 bits per heavy atom. The molecule has 4 rings (SSSR count). The number of nitrogens with one attached hydrogen (secondary N) is 2. The molecule has 0 bridgehead atoms. The van der Waals surface area contributed by atoms with Crippen LogP contribution < -0.4 is 15.4 Å². The number of aliphatic imine (C=N–C) groups is 1. The van der Waals surface area contributed by atoms with Gasteiger partial charge in [0.1, 0.15) is 24.5 Å². The summed E-state index contributed by atoms with van der Waals surface area (Å²) in [6.45, 7) is 2.11. The molecular formula is C21H25IN6O. The van der Waals surface area contributed by atoms with Crippen LogP contribution >= 0.6 is 24.0 Å². The van der Waals surface area contributed by atoms with Gasteiger partial charge in [-0.25, -0.2) is 9.67 Å². The van der Waals surface area contributed by atoms with Gasteiger partial charge in [0, 0.05) is 20.0 Å². The van der Waals surface area contributed by atoms with Crippen molar-refractivity contribution in [3.63, 3.8) is 0 Å². The molecule has 2 heterocycles. The van der Waals surface area contributed by atoms with E-state index in [-0.39, 0.29) is 30.1 Å². The lowest BCUT2D eigenvalue weighted by atomic mass is 10.1. The fourth-order valence-electron chi connectivity index (χ4n) is 3.32. The molecule has 1 unspecified atom stereocenters. The molecule has 2 N–H and O–H groups in total. The Balaban J connectivity index is 0.00000240. The van der Waals surface area contributed by atoms with Crippen LogP contribution in [0.1, 0.15) is 16.7 Å². The highest BCUT2D eigenvalue weighted by atomic mass is 127. The first-order valence-electron chi connectivity index (χ1n) is 9.39. The average molecular weight is 504 g/mol. The zero-order valence-corrected chi connectivity index (χ0v) is 18.6. The monoisotopic (exact) mass is 504 g/mol. The van der Waals surface area contributed by atoms with E-state index in [1.54, 1.807) is 19.7 Å². The summed E-state index contributed by atoms with van der Waals surface area (Å²) in [4.78, 5) is 8.30. The van der Waals surface area contributed by atoms with Crippen molar-refractivity contribution in [3.05, 3.63) is 77.9 Å². The predicted octanol–water partition coefficient (Wildman–Crippen LogP) is 2.61. The number of halogens is 1. The molecule has 0 saturated carbocycles. The molecule has 0 fully saturated rings. The van der Waals surface area contributed by atoms with Gasteiger partial charge in [-0.15, -0.1) is 24.0 Å². The van der Waals surface area contributed by atoms with Crippen molar-refractivity contribution in [2.75, 3.05) is 13.6 Å². The minimum atomic E-state index is 0. The van der Waals surface area contributed by atoms with Crippen molar-refractivity contribution >= 4 is 29.9 Å². The second-order valence-corrected chi connectivity index (χ2v) is 6.77. The molecule has 0 spiro atoms. The Morgan fingerprint density at radius 3 is 2.83 bits per heavy atom. The molecule has 1 aliphatic heterocycles. The zero-order valence-electron chi connectivity index (χ0n) is 16.3. The minimum absolute atomic E-state index is 0. The van der Waals surface area contributed by atoms with Crippen LogP contribution in [-0.2, 0) is 19.5 Å². The van der Waals surface area contributed by atoms with E-state index < -0.39 is 0 Å². The highest BCUT2D eigenvalue weighted by Gasteiger charge is 2.22. The summed E-state index contributed by atoms with van der Waals surface area (Å²) in [7, 11) is 1.78. The summed E-state index contributed by atoms with van der Waals surface area (Å²) >= 11 is 0. The molecular weight excluding hydrogens is 479 g/mol. The third-order valence-electron chi connectivity index (χ3n) is 4.70. The van der Waals surface area contributed by atoms with E-state index in [0.717, 1.165) is 18.1 Å². The van der Waals surface area contributed by atoms with Crippen LogP contribution in [0.15, 0.2) is 66.2 Å². The van der Waals surface area contributed by atoms with Crippen LogP contribution in [0.5, 0.6) is 5.75 Å². The van der Waals surface area contributed by atoms with Crippen molar-refractivity contribution in [1.29, 1.82) is 0 Å². The summed E-state index contributed by atoms with van der Waals surface area (Å²) in [5, 5.41) is 10.9. The number of fused-ring (bicyclic) bond motifs is 1. The number of hydrogen-bond donors (Lipinski definition) is 2. The van der Waals surface area contributed by atoms with E-state index >= 15 is 0 Å². The van der Waals surface area contributed by atoms with Gasteiger partial charge in [0.2, 0.25) is 0 Å². The molecule has 7 nitrogen and oxygen atoms in total. The number of para-hydroxylation sites is 1. The van der Waals surface area contributed by atoms with E-state index in [0.29, 0.717) is 19.6 Å². The maximum absolute atomic E-state index is 5.97. The van der Waals surface area contributed by atoms with Crippen LogP contribution in [0, 0.1) is 0 Å². The smallest absolute Gasteiger partial charge is 0.191 e. The number of nitrogens with zero attached hydrogens (tertiary/aromatic N) is 4. The third kappa shape index (κ3) is 5.69. The first kappa shape index (κ1) is 21.1. The zero-order chi connectivity index (χ0) is 19.2. The molecule has 1 aliphatic rings. The maximum atomic E-state index is 5.97. The van der Waals surface area contributed by atoms with Crippen LogP contribution in [0.3, 0.4) is 0 Å². The van der Waals surface area contributed by atoms with Gasteiger partial charge >= 0.3 is 0 Å². The number of hydrogen-bond acceptors (Lipinski definition) is 4. The molecule has 2 aromatic carbocycles. The molecule has 0 saturated heterocycles. The summed E-state index contributed by atoms with van der Waals surface area (Å²) in [6, 6.07) is 16.6. The molecule has 0 aliphatic carbocycles. The molecule has 1 atom stereocenters. The Kier molecular flexibility index (Phi) is 7.45. The van der Waals surface area contributed by atoms with Crippen molar-refractivity contribution in [2.24, 2.45) is 4.99 Å². The van der Waals surface area contributed by atoms with E-state index in [4.69, 9.17) is 4.74 Å². The Morgan fingerprint density at radius 1 is 1.17 bits per heavy atom. The lowest BCUT2D eigenvalue weighted by Gasteiger charge is -2.16. The minimum Gasteiger partial charge on any atom is -0.488 e. The van der Waals surface area contributed by atoms with Gasteiger partial charge in [0.25, 0.3) is 0 Å². The number of guanidine groups is 1. The largest absolute Gasteiger partial charge is 0.488 e. The summed E-state index contributed by atoms with van der Waals surface area (Å²) in [5.41, 5.74) is 3.64. The van der Waals surface area contributed by atoms with Crippen LogP contribution in [-0.4, -0.2) is 40.4 Å². The molecule has 1 aromatic heterocycles. The first-order chi connectivity index (χ1) is 13.8. The molecule has 3 aromatic rings. The van der Waals surface area contributed by atoms with E-state index in [1.165, 1.54) is 16.7 Å². The Bertz CT molecular complexity index is 919. The van der Waals surface area contributed by atoms with E-state index in [9.17, 15) is 0 Å². The van der Waals surface area contributed by atoms with Crippen LogP contribution in [0.2, 0.25) is 0 Å². The van der Waals surface area contributed by atoms with Crippen molar-refractivity contribution in [2.45, 2.75) is 25.6 Å². The van der Waals surface area contributed by atoms with Crippen molar-refractivity contribution in [3.8, 4) is 5.75 Å². The molecule has 152 valence electrons. The first-order valence-corrected chi connectivity index (χ1v) is 9.39. The number of aromatic nitrogens is 3. The number of benzene rings is 2. The second-order valence-electron chi connectivity index (χ2n) is 6.77. The lowest BCUT2D eigenvalue weighted by molar-refractivity contribution is 0.235. The van der Waals surface area contributed by atoms with Crippen molar-refractivity contribution < 1.29 is 4.74 Å². The van der Waals surface area contributed by atoms with Gasteiger partial charge in [-0.05, 0) is 22.8 Å². The SMILES string of the molecule is CN=C(NCc1cccc(Cn2cncn2)c1)NCC1Cc2ccccc2O1.I. The Hall–Kier alpha value is -2.62. The number of rotatable bonds is 6. The van der Waals surface area contributed by atoms with Crippen molar-refractivity contribution in [1.82, 2.24) is 25.4 Å². The van der Waals surface area contributed by atoms with E-state index in [2.05, 4.69) is 62.1 Å². The summed E-state index contributed by atoms with van der Waals surface area (Å²) in [5.74, 6) is 1.75. The highest BCUT2D eigenvalue weighted by Crippen LogP contribution is 2.27. The van der Waals surface area contributed by atoms with Gasteiger partial charge in [-0.1, -0.05) is 42.5 Å². The highest BCUT2D eigenvalue weighted by molar-refractivity contribution is 14.0. The fraction of sp³-hybridized carbons (Fsp3) is 0.286. The summed E-state index contributed by atoms with van der Waals surface area (Å²) < 4.78 is 7.78. The van der Waals surface area contributed by atoms with Gasteiger partial charge < -0.3 is 15.4 Å². The predicted molar refractivity (Wildman–Crippen MR) is 124 cm³/mol. The fourth-order valence-corrected chi connectivity index (χ4v) is 3.32. The topological polar surface area (TPSA) is 76.4 Å². The molecule has 0 amide bonds. The standard InChI is InChI=1S/C21H24N6O.HI/c1-22-21(25-12-19-10-18-7-2-3-8-20(18)28-19)24-11-16-5-4-6-17(9-16)13-27-15-23-14-26-27;/h2-9,14-15,19H,10-13H2,1H3,(H2,22,24,25);1H. The molecule has 0 radical (unpaired) electrons. The van der Waals surface area contributed by atoms with Gasteiger partial charge in [-0.3, -0.25) is 4.99 Å². The maximum Gasteiger partial charge on any atom is 0.191 e. The normalized spacial score (nSPS) is 15.2. The van der Waals surface area contributed by atoms with Crippen LogP contribution in [0.25, 0.3) is 0 Å². The molecule has 8 heteroatoms. The Labute approximate surface area is 187 Å². The lowest BCUT2D eigenvalue weighted by Crippen LogP contribution is -2.41. The van der Waals surface area contributed by atoms with Gasteiger partial charge in [-0.2, -0.15) is 5.10 Å². The summed E-state index contributed by atoms with van der Waals surface area (Å²) in [6.07, 6.45) is 4.32. The quantitative estimate of drug-likeness (QED) is 0.307. The average Bonchev–Trinajstić information content (AvgIpc) is 3.37. The second kappa shape index (κ2) is 10.2. The van der Waals surface area contributed by atoms with Crippen LogP contribution in [0.4, 0.5) is 0 Å². The number of ether oxygens (including phenoxy) is 1.